The first-order valence-electron chi connectivity index (χ1n) is 2.85. The van der Waals surface area contributed by atoms with Gasteiger partial charge in [0, 0.05) is 0 Å². The zero-order chi connectivity index (χ0) is 8.48. The molecule has 3 nitrogen and oxygen atoms in total. The molecule has 11 heavy (non-hydrogen) atoms. The molecule has 0 radical (unpaired) electrons. The van der Waals surface area contributed by atoms with E-state index in [0.717, 1.165) is 6.34 Å². The molecular formula is C5H5F3N2O. The second kappa shape index (κ2) is 2.52. The van der Waals surface area contributed by atoms with Gasteiger partial charge in [0.05, 0.1) is 6.34 Å². The van der Waals surface area contributed by atoms with E-state index < -0.39 is 18.6 Å². The van der Waals surface area contributed by atoms with E-state index in [9.17, 15) is 18.0 Å². The van der Waals surface area contributed by atoms with Crippen molar-refractivity contribution in [1.82, 2.24) is 4.90 Å². The Morgan fingerprint density at radius 3 is 2.64 bits per heavy atom. The molecule has 0 aromatic rings. The molecule has 62 valence electrons. The summed E-state index contributed by atoms with van der Waals surface area (Å²) in [5.41, 5.74) is 0. The highest BCUT2D eigenvalue weighted by atomic mass is 19.4. The van der Waals surface area contributed by atoms with Crippen LogP contribution in [0.4, 0.5) is 13.2 Å². The molecule has 1 heterocycles. The van der Waals surface area contributed by atoms with E-state index in [0.29, 0.717) is 4.90 Å². The summed E-state index contributed by atoms with van der Waals surface area (Å²) in [5.74, 6) is -0.609. The van der Waals surface area contributed by atoms with E-state index in [1.807, 2.05) is 0 Å². The molecule has 1 aliphatic rings. The van der Waals surface area contributed by atoms with Gasteiger partial charge >= 0.3 is 6.18 Å². The van der Waals surface area contributed by atoms with Crippen LogP contribution in [0.5, 0.6) is 0 Å². The summed E-state index contributed by atoms with van der Waals surface area (Å²) in [6.07, 6.45) is -3.43. The normalized spacial score (nSPS) is 18.1. The number of carbonyl (C=O) groups excluding carboxylic acids is 1. The molecule has 0 bridgehead atoms. The number of amides is 1. The van der Waals surface area contributed by atoms with Crippen LogP contribution in [-0.2, 0) is 4.79 Å². The van der Waals surface area contributed by atoms with Crippen LogP contribution in [0.1, 0.15) is 0 Å². The Labute approximate surface area is 60.5 Å². The van der Waals surface area contributed by atoms with Crippen molar-refractivity contribution in [2.24, 2.45) is 4.99 Å². The maximum atomic E-state index is 11.6. The molecule has 0 N–H and O–H groups in total. The van der Waals surface area contributed by atoms with Crippen LogP contribution in [0.15, 0.2) is 4.99 Å². The molecule has 0 aliphatic carbocycles. The number of nitrogens with zero attached hydrogens (tertiary/aromatic N) is 2. The second-order valence-corrected chi connectivity index (χ2v) is 2.09. The first-order chi connectivity index (χ1) is 4.99. The summed E-state index contributed by atoms with van der Waals surface area (Å²) >= 11 is 0. The third-order valence-corrected chi connectivity index (χ3v) is 1.12. The van der Waals surface area contributed by atoms with Crippen molar-refractivity contribution >= 4 is 12.2 Å². The van der Waals surface area contributed by atoms with Gasteiger partial charge in [0.15, 0.2) is 0 Å². The minimum absolute atomic E-state index is 0.171. The highest BCUT2D eigenvalue weighted by Crippen LogP contribution is 2.16. The van der Waals surface area contributed by atoms with Crippen molar-refractivity contribution in [2.75, 3.05) is 13.1 Å². The maximum Gasteiger partial charge on any atom is 0.406 e. The van der Waals surface area contributed by atoms with Crippen molar-refractivity contribution in [3.63, 3.8) is 0 Å². The number of carbonyl (C=O) groups is 1. The topological polar surface area (TPSA) is 32.7 Å². The summed E-state index contributed by atoms with van der Waals surface area (Å²) in [4.78, 5) is 14.5. The van der Waals surface area contributed by atoms with Gasteiger partial charge in [-0.3, -0.25) is 14.7 Å². The van der Waals surface area contributed by atoms with Gasteiger partial charge in [-0.15, -0.1) is 0 Å². The van der Waals surface area contributed by atoms with Gasteiger partial charge in [0.25, 0.3) is 0 Å². The smallest absolute Gasteiger partial charge is 0.292 e. The standard InChI is InChI=1S/C5H5F3N2O/c6-5(7,8)2-10-3-9-1-4(10)11/h3H,1-2H2. The largest absolute Gasteiger partial charge is 0.406 e. The summed E-state index contributed by atoms with van der Waals surface area (Å²) < 4.78 is 34.9. The Kier molecular flexibility index (Phi) is 1.84. The number of hydrogen-bond acceptors (Lipinski definition) is 2. The lowest BCUT2D eigenvalue weighted by Crippen LogP contribution is -2.35. The Balaban J connectivity index is 2.50. The molecule has 0 atom stereocenters. The molecule has 0 aromatic heterocycles. The van der Waals surface area contributed by atoms with Crippen molar-refractivity contribution < 1.29 is 18.0 Å². The van der Waals surface area contributed by atoms with Gasteiger partial charge in [0.2, 0.25) is 5.91 Å². The lowest BCUT2D eigenvalue weighted by atomic mass is 10.5. The van der Waals surface area contributed by atoms with E-state index in [4.69, 9.17) is 0 Å². The van der Waals surface area contributed by atoms with Crippen LogP contribution < -0.4 is 0 Å². The summed E-state index contributed by atoms with van der Waals surface area (Å²) in [6.45, 7) is -1.41. The number of hydrogen-bond donors (Lipinski definition) is 0. The lowest BCUT2D eigenvalue weighted by molar-refractivity contribution is -0.150. The highest BCUT2D eigenvalue weighted by Gasteiger charge is 2.33. The first kappa shape index (κ1) is 8.03. The van der Waals surface area contributed by atoms with E-state index in [1.54, 1.807) is 0 Å². The van der Waals surface area contributed by atoms with Crippen LogP contribution in [0.2, 0.25) is 0 Å². The van der Waals surface area contributed by atoms with Crippen molar-refractivity contribution in [3.8, 4) is 0 Å². The van der Waals surface area contributed by atoms with Crippen LogP contribution >= 0.6 is 0 Å². The molecule has 0 saturated heterocycles. The molecule has 1 aliphatic heterocycles. The number of halogens is 3. The summed E-state index contributed by atoms with van der Waals surface area (Å²) in [6, 6.07) is 0. The highest BCUT2D eigenvalue weighted by molar-refractivity contribution is 5.93. The first-order valence-corrected chi connectivity index (χ1v) is 2.85. The van der Waals surface area contributed by atoms with Gasteiger partial charge in [-0.1, -0.05) is 0 Å². The summed E-state index contributed by atoms with van der Waals surface area (Å²) in [5, 5.41) is 0. The van der Waals surface area contributed by atoms with E-state index in [1.165, 1.54) is 0 Å². The van der Waals surface area contributed by atoms with Crippen molar-refractivity contribution in [3.05, 3.63) is 0 Å². The van der Waals surface area contributed by atoms with Crippen LogP contribution in [-0.4, -0.2) is 36.4 Å². The average molecular weight is 166 g/mol. The molecule has 0 unspecified atom stereocenters. The minimum atomic E-state index is -4.34. The zero-order valence-corrected chi connectivity index (χ0v) is 5.43. The molecule has 1 amide bonds. The molecule has 0 saturated carbocycles. The minimum Gasteiger partial charge on any atom is -0.292 e. The van der Waals surface area contributed by atoms with E-state index >= 15 is 0 Å². The quantitative estimate of drug-likeness (QED) is 0.555. The fraction of sp³-hybridized carbons (Fsp3) is 0.600. The molecule has 6 heteroatoms. The Morgan fingerprint density at radius 2 is 2.27 bits per heavy atom. The zero-order valence-electron chi connectivity index (χ0n) is 5.43. The molecule has 0 spiro atoms. The maximum absolute atomic E-state index is 11.6. The monoisotopic (exact) mass is 166 g/mol. The van der Waals surface area contributed by atoms with E-state index in [2.05, 4.69) is 4.99 Å². The number of aliphatic imine (C=N–C) groups is 1. The molecular weight excluding hydrogens is 161 g/mol. The third kappa shape index (κ3) is 2.21. The van der Waals surface area contributed by atoms with Gasteiger partial charge in [-0.2, -0.15) is 13.2 Å². The summed E-state index contributed by atoms with van der Waals surface area (Å²) in [7, 11) is 0. The molecule has 0 aromatic carbocycles. The van der Waals surface area contributed by atoms with Gasteiger partial charge < -0.3 is 0 Å². The Bertz CT molecular complexity index is 198. The lowest BCUT2D eigenvalue weighted by Gasteiger charge is -2.13. The van der Waals surface area contributed by atoms with Crippen LogP contribution in [0, 0.1) is 0 Å². The van der Waals surface area contributed by atoms with Gasteiger partial charge in [-0.25, -0.2) is 0 Å². The second-order valence-electron chi connectivity index (χ2n) is 2.09. The number of alkyl halides is 3. The predicted molar refractivity (Wildman–Crippen MR) is 31.1 cm³/mol. The predicted octanol–water partition coefficient (Wildman–Crippen LogP) is 0.419. The average Bonchev–Trinajstić information content (AvgIpc) is 2.12. The van der Waals surface area contributed by atoms with Crippen molar-refractivity contribution in [2.45, 2.75) is 6.18 Å². The Hall–Kier alpha value is -1.07. The van der Waals surface area contributed by atoms with Crippen LogP contribution in [0.3, 0.4) is 0 Å². The fourth-order valence-corrected chi connectivity index (χ4v) is 0.695. The Morgan fingerprint density at radius 1 is 1.64 bits per heavy atom. The number of rotatable bonds is 1. The molecule has 0 fully saturated rings. The van der Waals surface area contributed by atoms with Gasteiger partial charge in [-0.05, 0) is 0 Å². The third-order valence-electron chi connectivity index (χ3n) is 1.12. The fourth-order valence-electron chi connectivity index (χ4n) is 0.695. The van der Waals surface area contributed by atoms with Gasteiger partial charge in [0.1, 0.15) is 13.1 Å². The van der Waals surface area contributed by atoms with Crippen LogP contribution in [0.25, 0.3) is 0 Å². The SMILES string of the molecule is O=C1CN=CN1CC(F)(F)F. The molecule has 1 rings (SSSR count). The van der Waals surface area contributed by atoms with E-state index in [-0.39, 0.29) is 6.54 Å². The van der Waals surface area contributed by atoms with Crippen molar-refractivity contribution in [1.29, 1.82) is 0 Å².